The van der Waals surface area contributed by atoms with Gasteiger partial charge in [-0.3, -0.25) is 10.1 Å². The Balaban J connectivity index is 1.65. The summed E-state index contributed by atoms with van der Waals surface area (Å²) < 4.78 is 0.814. The minimum atomic E-state index is -0.355. The second-order valence-electron chi connectivity index (χ2n) is 5.92. The third-order valence-corrected chi connectivity index (χ3v) is 5.33. The van der Waals surface area contributed by atoms with E-state index in [1.165, 1.54) is 32.2 Å². The average Bonchev–Trinajstić information content (AvgIpc) is 3.01. The smallest absolute Gasteiger partial charge is 0.270 e. The highest BCUT2D eigenvalue weighted by Gasteiger charge is 2.29. The van der Waals surface area contributed by atoms with Gasteiger partial charge in [0.15, 0.2) is 0 Å². The minimum absolute atomic E-state index is 0.135. The summed E-state index contributed by atoms with van der Waals surface area (Å²) in [5, 5.41) is 14.4. The first-order valence-corrected chi connectivity index (χ1v) is 8.37. The molecule has 0 bridgehead atoms. The number of nitro benzene ring substituents is 1. The van der Waals surface area contributed by atoms with Crippen molar-refractivity contribution in [2.75, 3.05) is 24.5 Å². The van der Waals surface area contributed by atoms with Gasteiger partial charge in [0.1, 0.15) is 0 Å². The van der Waals surface area contributed by atoms with Gasteiger partial charge >= 0.3 is 0 Å². The number of hydrogen-bond donors (Lipinski definition) is 1. The molecule has 0 aromatic heterocycles. The number of rotatable bonds is 3. The number of benzene rings is 1. The van der Waals surface area contributed by atoms with E-state index in [4.69, 9.17) is 0 Å². The monoisotopic (exact) mass is 353 g/mol. The number of hydrogen-bond acceptors (Lipinski definition) is 4. The highest BCUT2D eigenvalue weighted by molar-refractivity contribution is 9.10. The molecule has 0 saturated carbocycles. The molecule has 2 heterocycles. The van der Waals surface area contributed by atoms with Gasteiger partial charge in [0.2, 0.25) is 0 Å². The summed E-state index contributed by atoms with van der Waals surface area (Å²) in [6.07, 6.45) is 5.01. The van der Waals surface area contributed by atoms with Crippen LogP contribution in [-0.2, 0) is 0 Å². The van der Waals surface area contributed by atoms with Crippen molar-refractivity contribution in [3.05, 3.63) is 32.8 Å². The van der Waals surface area contributed by atoms with Crippen molar-refractivity contribution >= 4 is 27.3 Å². The van der Waals surface area contributed by atoms with Gasteiger partial charge < -0.3 is 10.2 Å². The van der Waals surface area contributed by atoms with E-state index in [1.807, 2.05) is 6.07 Å². The molecule has 2 fully saturated rings. The van der Waals surface area contributed by atoms with Crippen molar-refractivity contribution in [2.45, 2.75) is 31.7 Å². The first kappa shape index (κ1) is 14.8. The molecule has 5 nitrogen and oxygen atoms in total. The van der Waals surface area contributed by atoms with Gasteiger partial charge in [0.05, 0.1) is 10.6 Å². The summed E-state index contributed by atoms with van der Waals surface area (Å²) in [7, 11) is 0. The third kappa shape index (κ3) is 3.21. The molecule has 2 saturated heterocycles. The largest absolute Gasteiger partial charge is 0.371 e. The molecule has 1 aromatic carbocycles. The van der Waals surface area contributed by atoms with E-state index in [0.29, 0.717) is 6.04 Å². The van der Waals surface area contributed by atoms with E-state index in [9.17, 15) is 10.1 Å². The number of nitrogens with zero attached hydrogens (tertiary/aromatic N) is 2. The fourth-order valence-electron chi connectivity index (χ4n) is 3.52. The van der Waals surface area contributed by atoms with Gasteiger partial charge in [-0.15, -0.1) is 0 Å². The second-order valence-corrected chi connectivity index (χ2v) is 6.77. The second kappa shape index (κ2) is 6.32. The van der Waals surface area contributed by atoms with Crippen LogP contribution in [0.4, 0.5) is 11.4 Å². The molecule has 2 aliphatic heterocycles. The third-order valence-electron chi connectivity index (χ3n) is 4.69. The van der Waals surface area contributed by atoms with E-state index in [-0.39, 0.29) is 10.6 Å². The Morgan fingerprint density at radius 3 is 2.62 bits per heavy atom. The van der Waals surface area contributed by atoms with Crippen molar-refractivity contribution in [3.8, 4) is 0 Å². The summed E-state index contributed by atoms with van der Waals surface area (Å²) in [5.74, 6) is 0.778. The predicted octanol–water partition coefficient (Wildman–Crippen LogP) is 3.33. The molecule has 1 atom stereocenters. The zero-order chi connectivity index (χ0) is 14.8. The molecule has 21 heavy (non-hydrogen) atoms. The van der Waals surface area contributed by atoms with E-state index in [1.54, 1.807) is 12.1 Å². The normalized spacial score (nSPS) is 23.5. The molecule has 3 rings (SSSR count). The van der Waals surface area contributed by atoms with Gasteiger partial charge in [-0.25, -0.2) is 0 Å². The standard InChI is InChI=1S/C15H20BrN3O2/c16-13-10-12(19(20)21)3-4-15(13)18-8-5-11(6-9-18)14-2-1-7-17-14/h3-4,10-11,14,17H,1-2,5-9H2. The number of nitro groups is 1. The van der Waals surface area contributed by atoms with Gasteiger partial charge in [0.25, 0.3) is 5.69 Å². The number of nitrogens with one attached hydrogen (secondary N) is 1. The number of anilines is 1. The lowest BCUT2D eigenvalue weighted by Crippen LogP contribution is -2.41. The molecule has 1 N–H and O–H groups in total. The molecule has 0 amide bonds. The first-order valence-electron chi connectivity index (χ1n) is 7.57. The van der Waals surface area contributed by atoms with Gasteiger partial charge in [-0.05, 0) is 60.1 Å². The van der Waals surface area contributed by atoms with Crippen LogP contribution in [0.15, 0.2) is 22.7 Å². The number of piperidine rings is 1. The maximum absolute atomic E-state index is 10.8. The lowest BCUT2D eigenvalue weighted by molar-refractivity contribution is -0.384. The summed E-state index contributed by atoms with van der Waals surface area (Å²) in [4.78, 5) is 12.8. The fourth-order valence-corrected chi connectivity index (χ4v) is 4.14. The van der Waals surface area contributed by atoms with Gasteiger partial charge in [-0.1, -0.05) is 0 Å². The quantitative estimate of drug-likeness (QED) is 0.668. The molecule has 6 heteroatoms. The van der Waals surface area contributed by atoms with E-state index < -0.39 is 0 Å². The lowest BCUT2D eigenvalue weighted by atomic mass is 9.88. The maximum atomic E-state index is 10.8. The first-order chi connectivity index (χ1) is 10.1. The number of halogens is 1. The lowest BCUT2D eigenvalue weighted by Gasteiger charge is -2.36. The molecule has 0 spiro atoms. The molecule has 0 aliphatic carbocycles. The summed E-state index contributed by atoms with van der Waals surface area (Å²) >= 11 is 3.47. The van der Waals surface area contributed by atoms with Gasteiger partial charge in [-0.2, -0.15) is 0 Å². The Kier molecular flexibility index (Phi) is 4.45. The fraction of sp³-hybridized carbons (Fsp3) is 0.600. The molecule has 1 aromatic rings. The molecule has 2 aliphatic rings. The van der Waals surface area contributed by atoms with Crippen LogP contribution in [0, 0.1) is 16.0 Å². The summed E-state index contributed by atoms with van der Waals surface area (Å²) in [6.45, 7) is 3.22. The molecular weight excluding hydrogens is 334 g/mol. The Hall–Kier alpha value is -1.14. The Labute approximate surface area is 133 Å². The van der Waals surface area contributed by atoms with E-state index >= 15 is 0 Å². The molecule has 114 valence electrons. The van der Waals surface area contributed by atoms with Crippen LogP contribution in [-0.4, -0.2) is 30.6 Å². The SMILES string of the molecule is O=[N+]([O-])c1ccc(N2CCC(C3CCCN3)CC2)c(Br)c1. The summed E-state index contributed by atoms with van der Waals surface area (Å²) in [5.41, 5.74) is 1.20. The minimum Gasteiger partial charge on any atom is -0.371 e. The Bertz CT molecular complexity index is 524. The van der Waals surface area contributed by atoms with Crippen LogP contribution in [0.3, 0.4) is 0 Å². The topological polar surface area (TPSA) is 58.4 Å². The molecule has 0 radical (unpaired) electrons. The van der Waals surface area contributed by atoms with Crippen LogP contribution in [0.1, 0.15) is 25.7 Å². The zero-order valence-electron chi connectivity index (χ0n) is 11.9. The van der Waals surface area contributed by atoms with Crippen molar-refractivity contribution in [1.29, 1.82) is 0 Å². The number of non-ortho nitro benzene ring substituents is 1. The van der Waals surface area contributed by atoms with Crippen molar-refractivity contribution < 1.29 is 4.92 Å². The Morgan fingerprint density at radius 2 is 2.05 bits per heavy atom. The highest BCUT2D eigenvalue weighted by Crippen LogP contribution is 2.34. The average molecular weight is 354 g/mol. The van der Waals surface area contributed by atoms with Crippen LogP contribution in [0.2, 0.25) is 0 Å². The van der Waals surface area contributed by atoms with Crippen LogP contribution >= 0.6 is 15.9 Å². The van der Waals surface area contributed by atoms with Crippen molar-refractivity contribution in [2.24, 2.45) is 5.92 Å². The zero-order valence-corrected chi connectivity index (χ0v) is 13.5. The van der Waals surface area contributed by atoms with E-state index in [0.717, 1.165) is 29.2 Å². The van der Waals surface area contributed by atoms with Crippen LogP contribution in [0.25, 0.3) is 0 Å². The summed E-state index contributed by atoms with van der Waals surface area (Å²) in [6, 6.07) is 5.74. The van der Waals surface area contributed by atoms with Crippen LogP contribution < -0.4 is 10.2 Å². The Morgan fingerprint density at radius 1 is 1.29 bits per heavy atom. The van der Waals surface area contributed by atoms with E-state index in [2.05, 4.69) is 26.1 Å². The molecular formula is C15H20BrN3O2. The van der Waals surface area contributed by atoms with Gasteiger partial charge in [0, 0.05) is 35.7 Å². The maximum Gasteiger partial charge on any atom is 0.270 e. The van der Waals surface area contributed by atoms with Crippen molar-refractivity contribution in [3.63, 3.8) is 0 Å². The molecule has 1 unspecified atom stereocenters. The van der Waals surface area contributed by atoms with Crippen molar-refractivity contribution in [1.82, 2.24) is 5.32 Å². The predicted molar refractivity (Wildman–Crippen MR) is 86.8 cm³/mol. The van der Waals surface area contributed by atoms with Crippen LogP contribution in [0.5, 0.6) is 0 Å². The highest BCUT2D eigenvalue weighted by atomic mass is 79.9.